The fourth-order valence-corrected chi connectivity index (χ4v) is 6.58. The summed E-state index contributed by atoms with van der Waals surface area (Å²) in [6.07, 6.45) is 22.1. The highest BCUT2D eigenvalue weighted by molar-refractivity contribution is 5.41. The first-order valence-corrected chi connectivity index (χ1v) is 11.2. The van der Waals surface area contributed by atoms with E-state index < -0.39 is 0 Å². The van der Waals surface area contributed by atoms with Crippen molar-refractivity contribution in [3.8, 4) is 0 Å². The van der Waals surface area contributed by atoms with Gasteiger partial charge < -0.3 is 15.5 Å². The van der Waals surface area contributed by atoms with Crippen molar-refractivity contribution in [3.05, 3.63) is 47.3 Å². The van der Waals surface area contributed by atoms with Crippen molar-refractivity contribution in [1.29, 1.82) is 0 Å². The van der Waals surface area contributed by atoms with Gasteiger partial charge in [0.15, 0.2) is 0 Å². The molecule has 2 fully saturated rings. The molecule has 5 rings (SSSR count). The summed E-state index contributed by atoms with van der Waals surface area (Å²) in [5.41, 5.74) is 10.8. The maximum atomic E-state index is 6.49. The topological polar surface area (TPSA) is 32.5 Å². The van der Waals surface area contributed by atoms with Gasteiger partial charge in [-0.3, -0.25) is 0 Å². The van der Waals surface area contributed by atoms with Gasteiger partial charge in [0.2, 0.25) is 0 Å². The zero-order chi connectivity index (χ0) is 18.4. The Kier molecular flexibility index (Phi) is 4.67. The van der Waals surface area contributed by atoms with Crippen molar-refractivity contribution in [3.63, 3.8) is 0 Å². The predicted molar refractivity (Wildman–Crippen MR) is 112 cm³/mol. The van der Waals surface area contributed by atoms with E-state index >= 15 is 0 Å². The molecular weight excluding hydrogens is 330 g/mol. The van der Waals surface area contributed by atoms with Crippen molar-refractivity contribution in [1.82, 2.24) is 9.80 Å². The SMILES string of the molecule is CN1CCC(C2CCC=C(N3C4CC=CC(N)=C4C4CC=CCC43)C2)CC1. The van der Waals surface area contributed by atoms with Crippen molar-refractivity contribution in [2.45, 2.75) is 63.5 Å². The summed E-state index contributed by atoms with van der Waals surface area (Å²) >= 11 is 0. The third-order valence-electron chi connectivity index (χ3n) is 7.99. The standard InChI is InChI=1S/C24H35N3/c1-26-14-12-17(13-15-26)18-6-4-7-19(16-18)27-22-10-3-2-8-20(22)24-21(25)9-5-11-23(24)27/h2-3,5,7,9,17-18,20,22-23H,4,6,8,10-16,25H2,1H3. The molecule has 4 atom stereocenters. The zero-order valence-corrected chi connectivity index (χ0v) is 16.8. The molecule has 0 aromatic rings. The quantitative estimate of drug-likeness (QED) is 0.744. The van der Waals surface area contributed by atoms with Crippen LogP contribution in [0.2, 0.25) is 0 Å². The van der Waals surface area contributed by atoms with Crippen LogP contribution < -0.4 is 5.73 Å². The molecule has 3 aliphatic carbocycles. The normalized spacial score (nSPS) is 37.4. The van der Waals surface area contributed by atoms with Gasteiger partial charge in [-0.2, -0.15) is 0 Å². The molecule has 0 saturated carbocycles. The van der Waals surface area contributed by atoms with Gasteiger partial charge in [-0.25, -0.2) is 0 Å². The van der Waals surface area contributed by atoms with E-state index in [1.165, 1.54) is 58.0 Å². The van der Waals surface area contributed by atoms with Gasteiger partial charge in [0.25, 0.3) is 0 Å². The second-order valence-electron chi connectivity index (χ2n) is 9.47. The molecule has 27 heavy (non-hydrogen) atoms. The van der Waals surface area contributed by atoms with Crippen LogP contribution >= 0.6 is 0 Å². The Morgan fingerprint density at radius 2 is 1.78 bits per heavy atom. The molecule has 0 aromatic heterocycles. The van der Waals surface area contributed by atoms with E-state index in [1.54, 1.807) is 11.3 Å². The van der Waals surface area contributed by atoms with Crippen LogP contribution in [0.1, 0.15) is 51.4 Å². The number of nitrogens with zero attached hydrogens (tertiary/aromatic N) is 2. The van der Waals surface area contributed by atoms with Gasteiger partial charge in [0.1, 0.15) is 0 Å². The van der Waals surface area contributed by atoms with Crippen molar-refractivity contribution >= 4 is 0 Å². The van der Waals surface area contributed by atoms with E-state index in [1.807, 2.05) is 0 Å². The van der Waals surface area contributed by atoms with Gasteiger partial charge in [0.05, 0.1) is 6.04 Å². The van der Waals surface area contributed by atoms with E-state index in [-0.39, 0.29) is 0 Å². The number of rotatable bonds is 2. The van der Waals surface area contributed by atoms with Crippen molar-refractivity contribution < 1.29 is 0 Å². The Labute approximate surface area is 164 Å². The van der Waals surface area contributed by atoms with Crippen molar-refractivity contribution in [2.75, 3.05) is 20.1 Å². The average Bonchev–Trinajstić information content (AvgIpc) is 3.04. The van der Waals surface area contributed by atoms with Gasteiger partial charge in [-0.1, -0.05) is 24.3 Å². The molecule has 2 heterocycles. The van der Waals surface area contributed by atoms with Gasteiger partial charge in [0, 0.05) is 23.4 Å². The van der Waals surface area contributed by atoms with Crippen LogP contribution in [0.3, 0.4) is 0 Å². The van der Waals surface area contributed by atoms with Crippen LogP contribution in [-0.2, 0) is 0 Å². The second kappa shape index (κ2) is 7.16. The van der Waals surface area contributed by atoms with Gasteiger partial charge >= 0.3 is 0 Å². The molecule has 3 heteroatoms. The molecule has 0 radical (unpaired) electrons. The molecule has 0 spiro atoms. The van der Waals surface area contributed by atoms with E-state index in [0.29, 0.717) is 18.0 Å². The Balaban J connectivity index is 1.39. The first kappa shape index (κ1) is 17.6. The molecule has 2 N–H and O–H groups in total. The van der Waals surface area contributed by atoms with E-state index in [9.17, 15) is 0 Å². The molecule has 0 amide bonds. The Morgan fingerprint density at radius 1 is 0.963 bits per heavy atom. The summed E-state index contributed by atoms with van der Waals surface area (Å²) in [5.74, 6) is 2.45. The number of allylic oxidation sites excluding steroid dienone is 4. The summed E-state index contributed by atoms with van der Waals surface area (Å²) in [6.45, 7) is 2.58. The summed E-state index contributed by atoms with van der Waals surface area (Å²) < 4.78 is 0. The van der Waals surface area contributed by atoms with Crippen LogP contribution in [0.25, 0.3) is 0 Å². The molecule has 4 unspecified atom stereocenters. The smallest absolute Gasteiger partial charge is 0.0563 e. The minimum absolute atomic E-state index is 0.521. The minimum atomic E-state index is 0.521. The highest BCUT2D eigenvalue weighted by atomic mass is 15.2. The number of piperidine rings is 1. The Morgan fingerprint density at radius 3 is 2.63 bits per heavy atom. The lowest BCUT2D eigenvalue weighted by molar-refractivity contribution is 0.143. The minimum Gasteiger partial charge on any atom is -0.399 e. The summed E-state index contributed by atoms with van der Waals surface area (Å²) in [7, 11) is 2.28. The van der Waals surface area contributed by atoms with E-state index in [2.05, 4.69) is 47.2 Å². The maximum absolute atomic E-state index is 6.49. The molecule has 3 nitrogen and oxygen atoms in total. The molecular formula is C24H35N3. The number of fused-ring (bicyclic) bond motifs is 3. The van der Waals surface area contributed by atoms with E-state index in [0.717, 1.165) is 24.0 Å². The van der Waals surface area contributed by atoms with Crippen LogP contribution in [0, 0.1) is 17.8 Å². The van der Waals surface area contributed by atoms with E-state index in [4.69, 9.17) is 5.73 Å². The first-order valence-electron chi connectivity index (χ1n) is 11.2. The lowest BCUT2D eigenvalue weighted by Crippen LogP contribution is -2.40. The predicted octanol–water partition coefficient (Wildman–Crippen LogP) is 4.20. The molecule has 2 aliphatic heterocycles. The first-order chi connectivity index (χ1) is 13.2. The highest BCUT2D eigenvalue weighted by Gasteiger charge is 2.47. The zero-order valence-electron chi connectivity index (χ0n) is 16.8. The summed E-state index contributed by atoms with van der Waals surface area (Å²) in [4.78, 5) is 5.34. The molecule has 2 saturated heterocycles. The average molecular weight is 366 g/mol. The fourth-order valence-electron chi connectivity index (χ4n) is 6.58. The molecule has 0 bridgehead atoms. The fraction of sp³-hybridized carbons (Fsp3) is 0.667. The lowest BCUT2D eigenvalue weighted by Gasteiger charge is -2.42. The monoisotopic (exact) mass is 365 g/mol. The van der Waals surface area contributed by atoms with Gasteiger partial charge in [-0.15, -0.1) is 0 Å². The number of likely N-dealkylation sites (tertiary alicyclic amines) is 2. The largest absolute Gasteiger partial charge is 0.399 e. The third-order valence-corrected chi connectivity index (χ3v) is 7.99. The maximum Gasteiger partial charge on any atom is 0.0563 e. The van der Waals surface area contributed by atoms with Crippen LogP contribution in [0.5, 0.6) is 0 Å². The van der Waals surface area contributed by atoms with Crippen LogP contribution in [0.4, 0.5) is 0 Å². The number of hydrogen-bond acceptors (Lipinski definition) is 3. The lowest BCUT2D eigenvalue weighted by atomic mass is 9.76. The van der Waals surface area contributed by atoms with Crippen LogP contribution in [0.15, 0.2) is 47.3 Å². The molecule has 5 aliphatic rings. The van der Waals surface area contributed by atoms with Crippen molar-refractivity contribution in [2.24, 2.45) is 23.5 Å². The third kappa shape index (κ3) is 3.08. The second-order valence-corrected chi connectivity index (χ2v) is 9.47. The Bertz CT molecular complexity index is 692. The molecule has 0 aromatic carbocycles. The summed E-state index contributed by atoms with van der Waals surface area (Å²) in [6, 6.07) is 1.16. The Hall–Kier alpha value is -1.48. The summed E-state index contributed by atoms with van der Waals surface area (Å²) in [5, 5.41) is 0. The van der Waals surface area contributed by atoms with Gasteiger partial charge in [-0.05, 0) is 95.0 Å². The number of hydrogen-bond donors (Lipinski definition) is 1. The highest BCUT2D eigenvalue weighted by Crippen LogP contribution is 2.49. The van der Waals surface area contributed by atoms with Crippen LogP contribution in [-0.4, -0.2) is 42.0 Å². The number of nitrogens with two attached hydrogens (primary N) is 1. The molecule has 146 valence electrons.